The predicted molar refractivity (Wildman–Crippen MR) is 70.0 cm³/mol. The van der Waals surface area contributed by atoms with Gasteiger partial charge in [0.15, 0.2) is 9.84 Å². The zero-order valence-corrected chi connectivity index (χ0v) is 11.0. The summed E-state index contributed by atoms with van der Waals surface area (Å²) in [5.74, 6) is -0.138. The minimum Gasteiger partial charge on any atom is -0.399 e. The van der Waals surface area contributed by atoms with Gasteiger partial charge in [0.25, 0.3) is 5.91 Å². The van der Waals surface area contributed by atoms with Gasteiger partial charge in [0.2, 0.25) is 0 Å². The predicted octanol–water partition coefficient (Wildman–Crippen LogP) is 0.576. The van der Waals surface area contributed by atoms with E-state index in [0.717, 1.165) is 0 Å². The van der Waals surface area contributed by atoms with Crippen molar-refractivity contribution in [3.05, 3.63) is 29.8 Å². The van der Waals surface area contributed by atoms with Crippen LogP contribution in [0.4, 0.5) is 5.69 Å². The molecule has 0 radical (unpaired) electrons. The smallest absolute Gasteiger partial charge is 0.251 e. The van der Waals surface area contributed by atoms with Gasteiger partial charge in [-0.05, 0) is 37.6 Å². The summed E-state index contributed by atoms with van der Waals surface area (Å²) in [6.07, 6.45) is 0.454. The highest BCUT2D eigenvalue weighted by atomic mass is 32.2. The third-order valence-electron chi connectivity index (χ3n) is 3.09. The lowest BCUT2D eigenvalue weighted by Crippen LogP contribution is -2.46. The van der Waals surface area contributed by atoms with Gasteiger partial charge in [0, 0.05) is 11.3 Å². The zero-order chi connectivity index (χ0) is 13.4. The Bertz CT molecular complexity index is 565. The second-order valence-electron chi connectivity index (χ2n) is 4.98. The van der Waals surface area contributed by atoms with E-state index in [9.17, 15) is 13.2 Å². The van der Waals surface area contributed by atoms with Crippen molar-refractivity contribution in [2.24, 2.45) is 0 Å². The normalized spacial score (nSPS) is 25.8. The van der Waals surface area contributed by atoms with E-state index in [1.807, 2.05) is 0 Å². The van der Waals surface area contributed by atoms with Crippen LogP contribution in [0.5, 0.6) is 0 Å². The molecule has 0 aliphatic carbocycles. The summed E-state index contributed by atoms with van der Waals surface area (Å²) < 4.78 is 22.9. The Balaban J connectivity index is 2.10. The largest absolute Gasteiger partial charge is 0.399 e. The number of nitrogens with one attached hydrogen (secondary N) is 1. The Hall–Kier alpha value is -1.56. The molecule has 0 spiro atoms. The number of hydrogen-bond acceptors (Lipinski definition) is 4. The van der Waals surface area contributed by atoms with Crippen LogP contribution in [-0.4, -0.2) is 31.4 Å². The topological polar surface area (TPSA) is 89.3 Å². The monoisotopic (exact) mass is 268 g/mol. The minimum atomic E-state index is -3.02. The Kier molecular flexibility index (Phi) is 3.06. The summed E-state index contributed by atoms with van der Waals surface area (Å²) in [5, 5.41) is 2.79. The summed E-state index contributed by atoms with van der Waals surface area (Å²) >= 11 is 0. The zero-order valence-electron chi connectivity index (χ0n) is 10.1. The first-order valence-corrected chi connectivity index (χ1v) is 7.50. The van der Waals surface area contributed by atoms with Crippen LogP contribution >= 0.6 is 0 Å². The van der Waals surface area contributed by atoms with Gasteiger partial charge in [-0.15, -0.1) is 0 Å². The molecule has 5 nitrogen and oxygen atoms in total. The lowest BCUT2D eigenvalue weighted by molar-refractivity contribution is 0.0915. The van der Waals surface area contributed by atoms with E-state index in [-0.39, 0.29) is 17.4 Å². The molecule has 1 fully saturated rings. The van der Waals surface area contributed by atoms with Crippen LogP contribution < -0.4 is 11.1 Å². The van der Waals surface area contributed by atoms with E-state index in [4.69, 9.17) is 5.73 Å². The molecule has 1 aliphatic rings. The highest BCUT2D eigenvalue weighted by Gasteiger charge is 2.39. The maximum absolute atomic E-state index is 12.0. The number of rotatable bonds is 2. The van der Waals surface area contributed by atoms with Gasteiger partial charge in [0.1, 0.15) is 0 Å². The molecule has 1 unspecified atom stereocenters. The fourth-order valence-corrected chi connectivity index (χ4v) is 4.18. The first-order valence-electron chi connectivity index (χ1n) is 5.68. The lowest BCUT2D eigenvalue weighted by atomic mass is 10.0. The van der Waals surface area contributed by atoms with Gasteiger partial charge in [-0.2, -0.15) is 0 Å². The number of hydrogen-bond donors (Lipinski definition) is 2. The average molecular weight is 268 g/mol. The van der Waals surface area contributed by atoms with E-state index < -0.39 is 15.4 Å². The van der Waals surface area contributed by atoms with E-state index in [1.165, 1.54) is 0 Å². The molecule has 0 bridgehead atoms. The van der Waals surface area contributed by atoms with Gasteiger partial charge in [0.05, 0.1) is 17.0 Å². The van der Waals surface area contributed by atoms with Crippen molar-refractivity contribution in [1.82, 2.24) is 5.32 Å². The highest BCUT2D eigenvalue weighted by Crippen LogP contribution is 2.23. The lowest BCUT2D eigenvalue weighted by Gasteiger charge is -2.23. The van der Waals surface area contributed by atoms with E-state index in [1.54, 1.807) is 31.2 Å². The third-order valence-corrected chi connectivity index (χ3v) is 4.99. The fourth-order valence-electron chi connectivity index (χ4n) is 2.09. The van der Waals surface area contributed by atoms with E-state index >= 15 is 0 Å². The summed E-state index contributed by atoms with van der Waals surface area (Å²) in [7, 11) is -3.02. The molecule has 6 heteroatoms. The third kappa shape index (κ3) is 2.81. The van der Waals surface area contributed by atoms with Crippen molar-refractivity contribution in [1.29, 1.82) is 0 Å². The highest BCUT2D eigenvalue weighted by molar-refractivity contribution is 7.91. The SMILES string of the molecule is CC1(NC(=O)c2ccc(N)cc2)CCS(=O)(=O)C1. The van der Waals surface area contributed by atoms with Gasteiger partial charge in [-0.1, -0.05) is 0 Å². The van der Waals surface area contributed by atoms with Crippen molar-refractivity contribution in [2.75, 3.05) is 17.2 Å². The van der Waals surface area contributed by atoms with Crippen molar-refractivity contribution in [3.8, 4) is 0 Å². The number of nitrogens with two attached hydrogens (primary N) is 1. The van der Waals surface area contributed by atoms with E-state index in [2.05, 4.69) is 5.32 Å². The standard InChI is InChI=1S/C12H16N2O3S/c1-12(6-7-18(16,17)8-12)14-11(15)9-2-4-10(13)5-3-9/h2-5H,6-8,13H2,1H3,(H,14,15). The van der Waals surface area contributed by atoms with Crippen molar-refractivity contribution in [2.45, 2.75) is 18.9 Å². The Morgan fingerprint density at radius 3 is 2.44 bits per heavy atom. The van der Waals surface area contributed by atoms with Crippen LogP contribution in [0, 0.1) is 0 Å². The minimum absolute atomic E-state index is 0.000707. The molecule has 1 aromatic rings. The molecule has 1 amide bonds. The van der Waals surface area contributed by atoms with Crippen LogP contribution in [0.1, 0.15) is 23.7 Å². The molecule has 3 N–H and O–H groups in total. The number of benzene rings is 1. The fraction of sp³-hybridized carbons (Fsp3) is 0.417. The van der Waals surface area contributed by atoms with Crippen LogP contribution in [0.2, 0.25) is 0 Å². The summed E-state index contributed by atoms with van der Waals surface area (Å²) in [4.78, 5) is 12.0. The number of nitrogen functional groups attached to an aromatic ring is 1. The van der Waals surface area contributed by atoms with Crippen molar-refractivity contribution >= 4 is 21.4 Å². The van der Waals surface area contributed by atoms with Crippen LogP contribution in [0.3, 0.4) is 0 Å². The average Bonchev–Trinajstić information content (AvgIpc) is 2.53. The van der Waals surface area contributed by atoms with Crippen LogP contribution in [-0.2, 0) is 9.84 Å². The molecular weight excluding hydrogens is 252 g/mol. The number of carbonyl (C=O) groups excluding carboxylic acids is 1. The number of amides is 1. The number of carbonyl (C=O) groups is 1. The molecular formula is C12H16N2O3S. The maximum atomic E-state index is 12.0. The first-order chi connectivity index (χ1) is 8.30. The molecule has 0 saturated carbocycles. The van der Waals surface area contributed by atoms with Crippen molar-refractivity contribution in [3.63, 3.8) is 0 Å². The van der Waals surface area contributed by atoms with Crippen LogP contribution in [0.15, 0.2) is 24.3 Å². The number of sulfone groups is 1. The summed E-state index contributed by atoms with van der Waals surface area (Å²) in [6, 6.07) is 6.53. The second kappa shape index (κ2) is 4.28. The second-order valence-corrected chi connectivity index (χ2v) is 7.16. The molecule has 2 rings (SSSR count). The van der Waals surface area contributed by atoms with Crippen molar-refractivity contribution < 1.29 is 13.2 Å². The van der Waals surface area contributed by atoms with Gasteiger partial charge < -0.3 is 11.1 Å². The Morgan fingerprint density at radius 2 is 1.94 bits per heavy atom. The molecule has 1 aliphatic heterocycles. The summed E-state index contributed by atoms with van der Waals surface area (Å²) in [5.41, 5.74) is 5.94. The quantitative estimate of drug-likeness (QED) is 0.768. The number of anilines is 1. The van der Waals surface area contributed by atoms with Crippen LogP contribution in [0.25, 0.3) is 0 Å². The van der Waals surface area contributed by atoms with Gasteiger partial charge in [-0.25, -0.2) is 8.42 Å². The molecule has 0 aromatic heterocycles. The Labute approximate surface area is 106 Å². The molecule has 98 valence electrons. The van der Waals surface area contributed by atoms with E-state index in [0.29, 0.717) is 17.7 Å². The molecule has 1 atom stereocenters. The molecule has 1 aromatic carbocycles. The molecule has 1 heterocycles. The maximum Gasteiger partial charge on any atom is 0.251 e. The van der Waals surface area contributed by atoms with Gasteiger partial charge >= 0.3 is 0 Å². The summed E-state index contributed by atoms with van der Waals surface area (Å²) in [6.45, 7) is 1.76. The van der Waals surface area contributed by atoms with Gasteiger partial charge in [-0.3, -0.25) is 4.79 Å². The molecule has 1 saturated heterocycles. The first kappa shape index (κ1) is 12.9. The Morgan fingerprint density at radius 1 is 1.33 bits per heavy atom. The molecule has 18 heavy (non-hydrogen) atoms.